The lowest BCUT2D eigenvalue weighted by Gasteiger charge is -2.16. The largest absolute Gasteiger partial charge is 0.497 e. The van der Waals surface area contributed by atoms with Crippen LogP contribution in [0.1, 0.15) is 22.1 Å². The number of rotatable bonds is 5. The first-order valence-electron chi connectivity index (χ1n) is 6.61. The third-order valence-electron chi connectivity index (χ3n) is 3.44. The van der Waals surface area contributed by atoms with Gasteiger partial charge in [-0.2, -0.15) is 0 Å². The Balaban J connectivity index is 2.41. The Morgan fingerprint density at radius 1 is 0.857 bits per heavy atom. The maximum Gasteiger partial charge on any atom is 0.127 e. The maximum absolute atomic E-state index is 6.62. The molecule has 3 nitrogen and oxygen atoms in total. The van der Waals surface area contributed by atoms with Crippen LogP contribution in [0.5, 0.6) is 17.2 Å². The molecule has 112 valence electrons. The van der Waals surface area contributed by atoms with Crippen LogP contribution in [0.4, 0.5) is 0 Å². The Hall–Kier alpha value is -1.87. The van der Waals surface area contributed by atoms with Crippen molar-refractivity contribution < 1.29 is 14.2 Å². The first-order valence-corrected chi connectivity index (χ1v) is 7.05. The smallest absolute Gasteiger partial charge is 0.127 e. The number of hydrogen-bond donors (Lipinski definition) is 0. The molecule has 0 spiro atoms. The lowest BCUT2D eigenvalue weighted by molar-refractivity contribution is 0.391. The quantitative estimate of drug-likeness (QED) is 0.769. The van der Waals surface area contributed by atoms with E-state index in [1.807, 2.05) is 43.3 Å². The molecule has 1 unspecified atom stereocenters. The predicted molar refractivity (Wildman–Crippen MR) is 85.0 cm³/mol. The third-order valence-corrected chi connectivity index (χ3v) is 3.93. The predicted octanol–water partition coefficient (Wildman–Crippen LogP) is 4.35. The van der Waals surface area contributed by atoms with E-state index >= 15 is 0 Å². The van der Waals surface area contributed by atoms with E-state index in [0.717, 1.165) is 28.2 Å². The van der Waals surface area contributed by atoms with Crippen molar-refractivity contribution in [1.29, 1.82) is 0 Å². The molecule has 1 atom stereocenters. The Morgan fingerprint density at radius 3 is 2.19 bits per heavy atom. The number of benzene rings is 2. The molecule has 0 radical (unpaired) electrons. The van der Waals surface area contributed by atoms with Gasteiger partial charge >= 0.3 is 0 Å². The van der Waals surface area contributed by atoms with Crippen LogP contribution in [0.15, 0.2) is 36.4 Å². The van der Waals surface area contributed by atoms with Crippen molar-refractivity contribution in [2.75, 3.05) is 21.3 Å². The number of hydrogen-bond acceptors (Lipinski definition) is 3. The summed E-state index contributed by atoms with van der Waals surface area (Å²) in [6.45, 7) is 2.00. The molecule has 0 saturated heterocycles. The van der Waals surface area contributed by atoms with Gasteiger partial charge in [0.2, 0.25) is 0 Å². The molecule has 0 N–H and O–H groups in total. The molecule has 0 amide bonds. The number of alkyl halides is 1. The lowest BCUT2D eigenvalue weighted by Crippen LogP contribution is -1.99. The Labute approximate surface area is 130 Å². The lowest BCUT2D eigenvalue weighted by atomic mass is 10.0. The molecule has 21 heavy (non-hydrogen) atoms. The molecule has 0 fully saturated rings. The molecule has 0 aliphatic carbocycles. The van der Waals surface area contributed by atoms with Gasteiger partial charge in [-0.3, -0.25) is 0 Å². The molecule has 0 aliphatic heterocycles. The van der Waals surface area contributed by atoms with Gasteiger partial charge in [0.05, 0.1) is 26.7 Å². The van der Waals surface area contributed by atoms with E-state index in [9.17, 15) is 0 Å². The van der Waals surface area contributed by atoms with Gasteiger partial charge in [0.1, 0.15) is 17.2 Å². The van der Waals surface area contributed by atoms with Gasteiger partial charge in [0, 0.05) is 11.6 Å². The van der Waals surface area contributed by atoms with Gasteiger partial charge in [-0.15, -0.1) is 11.6 Å². The van der Waals surface area contributed by atoms with Crippen molar-refractivity contribution in [2.45, 2.75) is 12.3 Å². The summed E-state index contributed by atoms with van der Waals surface area (Å²) in [5.74, 6) is 2.26. The average Bonchev–Trinajstić information content (AvgIpc) is 2.54. The van der Waals surface area contributed by atoms with E-state index in [4.69, 9.17) is 25.8 Å². The average molecular weight is 307 g/mol. The zero-order chi connectivity index (χ0) is 15.4. The fourth-order valence-electron chi connectivity index (χ4n) is 2.20. The summed E-state index contributed by atoms with van der Waals surface area (Å²) in [6.07, 6.45) is 0. The number of aryl methyl sites for hydroxylation is 1. The van der Waals surface area contributed by atoms with Crippen LogP contribution in [0.2, 0.25) is 0 Å². The van der Waals surface area contributed by atoms with Crippen LogP contribution >= 0.6 is 11.6 Å². The molecule has 2 aromatic carbocycles. The molecule has 4 heteroatoms. The van der Waals surface area contributed by atoms with E-state index in [1.54, 1.807) is 21.3 Å². The minimum Gasteiger partial charge on any atom is -0.497 e. The highest BCUT2D eigenvalue weighted by molar-refractivity contribution is 6.22. The SMILES string of the molecule is COc1ccc(C(Cl)c2ccc(C)c(OC)c2)c(OC)c1. The normalized spacial score (nSPS) is 11.9. The highest BCUT2D eigenvalue weighted by Gasteiger charge is 2.17. The molecular formula is C17H19ClO3. The first kappa shape index (κ1) is 15.5. The Kier molecular flexibility index (Phi) is 4.97. The highest BCUT2D eigenvalue weighted by atomic mass is 35.5. The van der Waals surface area contributed by atoms with Gasteiger partial charge in [-0.25, -0.2) is 0 Å². The third kappa shape index (κ3) is 3.24. The second-order valence-electron chi connectivity index (χ2n) is 4.70. The Morgan fingerprint density at radius 2 is 1.57 bits per heavy atom. The van der Waals surface area contributed by atoms with Crippen molar-refractivity contribution in [2.24, 2.45) is 0 Å². The summed E-state index contributed by atoms with van der Waals surface area (Å²) in [7, 11) is 4.90. The molecular weight excluding hydrogens is 288 g/mol. The molecule has 0 heterocycles. The molecule has 0 saturated carbocycles. The van der Waals surface area contributed by atoms with Crippen LogP contribution in [0.25, 0.3) is 0 Å². The molecule has 0 aliphatic rings. The fourth-order valence-corrected chi connectivity index (χ4v) is 2.52. The molecule has 0 aromatic heterocycles. The zero-order valence-corrected chi connectivity index (χ0v) is 13.4. The van der Waals surface area contributed by atoms with Crippen LogP contribution in [0.3, 0.4) is 0 Å². The van der Waals surface area contributed by atoms with Crippen LogP contribution in [-0.4, -0.2) is 21.3 Å². The van der Waals surface area contributed by atoms with Gasteiger partial charge < -0.3 is 14.2 Å². The minimum atomic E-state index is -0.319. The summed E-state index contributed by atoms with van der Waals surface area (Å²) in [5.41, 5.74) is 2.93. The summed E-state index contributed by atoms with van der Waals surface area (Å²) in [5, 5.41) is -0.319. The summed E-state index contributed by atoms with van der Waals surface area (Å²) < 4.78 is 16.0. The summed E-state index contributed by atoms with van der Waals surface area (Å²) >= 11 is 6.62. The van der Waals surface area contributed by atoms with Crippen LogP contribution in [-0.2, 0) is 0 Å². The number of halogens is 1. The van der Waals surface area contributed by atoms with Crippen LogP contribution < -0.4 is 14.2 Å². The second-order valence-corrected chi connectivity index (χ2v) is 5.14. The van der Waals surface area contributed by atoms with E-state index in [1.165, 1.54) is 0 Å². The van der Waals surface area contributed by atoms with E-state index in [2.05, 4.69) is 0 Å². The molecule has 2 rings (SSSR count). The van der Waals surface area contributed by atoms with E-state index in [0.29, 0.717) is 5.75 Å². The molecule has 2 aromatic rings. The fraction of sp³-hybridized carbons (Fsp3) is 0.294. The van der Waals surface area contributed by atoms with Crippen LogP contribution in [0, 0.1) is 6.92 Å². The summed E-state index contributed by atoms with van der Waals surface area (Å²) in [6, 6.07) is 11.6. The second kappa shape index (κ2) is 6.72. The van der Waals surface area contributed by atoms with Gasteiger partial charge in [0.15, 0.2) is 0 Å². The number of ether oxygens (including phenoxy) is 3. The van der Waals surface area contributed by atoms with Gasteiger partial charge in [0.25, 0.3) is 0 Å². The van der Waals surface area contributed by atoms with Crippen molar-refractivity contribution >= 4 is 11.6 Å². The topological polar surface area (TPSA) is 27.7 Å². The number of methoxy groups -OCH3 is 3. The Bertz CT molecular complexity index is 625. The van der Waals surface area contributed by atoms with Crippen molar-refractivity contribution in [1.82, 2.24) is 0 Å². The van der Waals surface area contributed by atoms with E-state index < -0.39 is 0 Å². The maximum atomic E-state index is 6.62. The minimum absolute atomic E-state index is 0.319. The zero-order valence-electron chi connectivity index (χ0n) is 12.6. The van der Waals surface area contributed by atoms with Crippen molar-refractivity contribution in [3.05, 3.63) is 53.1 Å². The standard InChI is InChI=1S/C17H19ClO3/c1-11-5-6-12(9-15(11)20-3)17(18)14-8-7-13(19-2)10-16(14)21-4/h5-10,17H,1-4H3. The monoisotopic (exact) mass is 306 g/mol. The first-order chi connectivity index (χ1) is 10.1. The highest BCUT2D eigenvalue weighted by Crippen LogP contribution is 2.38. The van der Waals surface area contributed by atoms with Gasteiger partial charge in [-0.05, 0) is 36.2 Å². The van der Waals surface area contributed by atoms with Crippen molar-refractivity contribution in [3.63, 3.8) is 0 Å². The molecule has 0 bridgehead atoms. The van der Waals surface area contributed by atoms with Crippen molar-refractivity contribution in [3.8, 4) is 17.2 Å². The van der Waals surface area contributed by atoms with Gasteiger partial charge in [-0.1, -0.05) is 12.1 Å². The van der Waals surface area contributed by atoms with E-state index in [-0.39, 0.29) is 5.38 Å². The summed E-state index contributed by atoms with van der Waals surface area (Å²) in [4.78, 5) is 0.